The summed E-state index contributed by atoms with van der Waals surface area (Å²) in [6.07, 6.45) is 17.0. The molecule has 0 bridgehead atoms. The van der Waals surface area contributed by atoms with Crippen molar-refractivity contribution in [1.29, 1.82) is 0 Å². The van der Waals surface area contributed by atoms with Gasteiger partial charge < -0.3 is 9.29 Å². The second-order valence-electron chi connectivity index (χ2n) is 7.53. The van der Waals surface area contributed by atoms with Gasteiger partial charge in [-0.25, -0.2) is 0 Å². The number of hydrogen-bond donors (Lipinski definition) is 0. The summed E-state index contributed by atoms with van der Waals surface area (Å²) in [5, 5.41) is 0. The van der Waals surface area contributed by atoms with Gasteiger partial charge >= 0.3 is 0 Å². The predicted molar refractivity (Wildman–Crippen MR) is 109 cm³/mol. The highest BCUT2D eigenvalue weighted by Crippen LogP contribution is 2.13. The molecule has 0 aromatic heterocycles. The summed E-state index contributed by atoms with van der Waals surface area (Å²) in [6.45, 7) is 8.36. The summed E-state index contributed by atoms with van der Waals surface area (Å²) in [5.74, 6) is 2.58. The number of rotatable bonds is 19. The zero-order valence-corrected chi connectivity index (χ0v) is 17.6. The maximum absolute atomic E-state index is 11.8. The lowest BCUT2D eigenvalue weighted by Crippen LogP contribution is -2.13. The highest BCUT2D eigenvalue weighted by molar-refractivity contribution is 7.91. The molecule has 1 atom stereocenters. The topological polar surface area (TPSA) is 32.3 Å². The predicted octanol–water partition coefficient (Wildman–Crippen LogP) is 6.50. The fraction of sp³-hybridized carbons (Fsp3) is 1.00. The van der Waals surface area contributed by atoms with Gasteiger partial charge in [0.2, 0.25) is 0 Å². The lowest BCUT2D eigenvalue weighted by atomic mass is 10.0. The van der Waals surface area contributed by atoms with E-state index in [1.807, 2.05) is 0 Å². The number of ether oxygens (including phenoxy) is 1. The van der Waals surface area contributed by atoms with Gasteiger partial charge in [0.05, 0.1) is 6.61 Å². The third kappa shape index (κ3) is 20.3. The number of unbranched alkanes of at least 4 members (excludes halogenated alkanes) is 9. The van der Waals surface area contributed by atoms with Gasteiger partial charge in [0.1, 0.15) is 11.5 Å². The molecule has 0 aromatic carbocycles. The lowest BCUT2D eigenvalue weighted by Gasteiger charge is -2.11. The fourth-order valence-electron chi connectivity index (χ4n) is 2.90. The van der Waals surface area contributed by atoms with Crippen molar-refractivity contribution in [2.24, 2.45) is 5.92 Å². The molecule has 0 radical (unpaired) electrons. The van der Waals surface area contributed by atoms with Crippen molar-refractivity contribution in [3.05, 3.63) is 0 Å². The van der Waals surface area contributed by atoms with Crippen LogP contribution in [0.4, 0.5) is 0 Å². The van der Waals surface area contributed by atoms with Crippen molar-refractivity contribution in [1.82, 2.24) is 0 Å². The van der Waals surface area contributed by atoms with Crippen LogP contribution in [0.5, 0.6) is 0 Å². The summed E-state index contributed by atoms with van der Waals surface area (Å²) < 4.78 is 17.3. The zero-order chi connectivity index (χ0) is 17.9. The van der Waals surface area contributed by atoms with Crippen LogP contribution < -0.4 is 0 Å². The van der Waals surface area contributed by atoms with Gasteiger partial charge in [-0.05, 0) is 25.2 Å². The Morgan fingerprint density at radius 1 is 0.708 bits per heavy atom. The van der Waals surface area contributed by atoms with Crippen LogP contribution in [0.25, 0.3) is 0 Å². The Kier molecular flexibility index (Phi) is 19.8. The molecular formula is C21H44O2S. The van der Waals surface area contributed by atoms with Crippen LogP contribution in [0.15, 0.2) is 0 Å². The van der Waals surface area contributed by atoms with Crippen LogP contribution in [0.1, 0.15) is 104 Å². The Bertz CT molecular complexity index is 234. The van der Waals surface area contributed by atoms with E-state index in [0.717, 1.165) is 49.9 Å². The molecule has 0 aliphatic rings. The van der Waals surface area contributed by atoms with E-state index in [0.29, 0.717) is 0 Å². The van der Waals surface area contributed by atoms with Gasteiger partial charge in [-0.15, -0.1) is 0 Å². The van der Waals surface area contributed by atoms with Crippen molar-refractivity contribution in [2.75, 3.05) is 24.7 Å². The Labute approximate surface area is 155 Å². The van der Waals surface area contributed by atoms with E-state index in [1.165, 1.54) is 64.2 Å². The van der Waals surface area contributed by atoms with E-state index in [-0.39, 0.29) is 0 Å². The normalized spacial score (nSPS) is 12.9. The van der Waals surface area contributed by atoms with Crippen molar-refractivity contribution < 1.29 is 9.29 Å². The third-order valence-electron chi connectivity index (χ3n) is 4.41. The van der Waals surface area contributed by atoms with Gasteiger partial charge in [-0.2, -0.15) is 0 Å². The van der Waals surface area contributed by atoms with Crippen LogP contribution in [-0.4, -0.2) is 29.3 Å². The fourth-order valence-corrected chi connectivity index (χ4v) is 4.07. The summed E-state index contributed by atoms with van der Waals surface area (Å²) >= 11 is -0.623. The molecule has 2 nitrogen and oxygen atoms in total. The second-order valence-corrected chi connectivity index (χ2v) is 9.23. The third-order valence-corrected chi connectivity index (χ3v) is 5.90. The smallest absolute Gasteiger partial charge is 0.107 e. The molecule has 24 heavy (non-hydrogen) atoms. The summed E-state index contributed by atoms with van der Waals surface area (Å²) in [4.78, 5) is 0. The highest BCUT2D eigenvalue weighted by Gasteiger charge is 2.05. The maximum Gasteiger partial charge on any atom is 0.107 e. The molecule has 0 aliphatic heterocycles. The average molecular weight is 361 g/mol. The Hall–Kier alpha value is 0.270. The molecule has 0 amide bonds. The van der Waals surface area contributed by atoms with Crippen molar-refractivity contribution in [3.63, 3.8) is 0 Å². The molecule has 0 saturated heterocycles. The Balaban J connectivity index is 3.11. The molecule has 0 fully saturated rings. The first-order valence-corrected chi connectivity index (χ1v) is 12.1. The van der Waals surface area contributed by atoms with Crippen molar-refractivity contribution in [3.8, 4) is 0 Å². The van der Waals surface area contributed by atoms with Gasteiger partial charge in [0.25, 0.3) is 0 Å². The molecular weight excluding hydrogens is 316 g/mol. The summed E-state index contributed by atoms with van der Waals surface area (Å²) in [5.41, 5.74) is 0. The van der Waals surface area contributed by atoms with E-state index in [9.17, 15) is 4.55 Å². The zero-order valence-electron chi connectivity index (χ0n) is 16.8. The van der Waals surface area contributed by atoms with Crippen molar-refractivity contribution >= 4 is 11.2 Å². The second kappa shape index (κ2) is 19.6. The van der Waals surface area contributed by atoms with E-state index < -0.39 is 11.2 Å². The van der Waals surface area contributed by atoms with E-state index >= 15 is 0 Å². The van der Waals surface area contributed by atoms with E-state index in [4.69, 9.17) is 4.74 Å². The maximum atomic E-state index is 11.8. The minimum absolute atomic E-state index is 0.623. The largest absolute Gasteiger partial charge is 0.616 e. The van der Waals surface area contributed by atoms with Gasteiger partial charge in [0.15, 0.2) is 0 Å². The van der Waals surface area contributed by atoms with E-state index in [2.05, 4.69) is 20.8 Å². The van der Waals surface area contributed by atoms with Crippen LogP contribution in [-0.2, 0) is 15.9 Å². The average Bonchev–Trinajstić information content (AvgIpc) is 2.55. The molecule has 1 unspecified atom stereocenters. The van der Waals surface area contributed by atoms with Gasteiger partial charge in [-0.3, -0.25) is 0 Å². The molecule has 0 saturated carbocycles. The van der Waals surface area contributed by atoms with Crippen LogP contribution in [0.2, 0.25) is 0 Å². The van der Waals surface area contributed by atoms with E-state index in [1.54, 1.807) is 0 Å². The first-order valence-electron chi connectivity index (χ1n) is 10.6. The van der Waals surface area contributed by atoms with Crippen molar-refractivity contribution in [2.45, 2.75) is 104 Å². The molecule has 0 aromatic rings. The molecule has 146 valence electrons. The summed E-state index contributed by atoms with van der Waals surface area (Å²) in [6, 6.07) is 0. The van der Waals surface area contributed by atoms with Gasteiger partial charge in [-0.1, -0.05) is 89.7 Å². The highest BCUT2D eigenvalue weighted by atomic mass is 32.2. The first-order chi connectivity index (χ1) is 11.7. The number of hydrogen-bond acceptors (Lipinski definition) is 2. The Morgan fingerprint density at radius 2 is 1.21 bits per heavy atom. The standard InChI is InChI=1S/C21H44O2S/c1-4-17-23-18-15-20-24(22)19-14-12-10-8-6-5-7-9-11-13-16-21(2)3/h21H,4-20H2,1-3H3. The molecule has 0 spiro atoms. The lowest BCUT2D eigenvalue weighted by molar-refractivity contribution is 0.136. The molecule has 3 heteroatoms. The monoisotopic (exact) mass is 360 g/mol. The quantitative estimate of drug-likeness (QED) is 0.194. The van der Waals surface area contributed by atoms with Gasteiger partial charge in [0, 0.05) is 13.0 Å². The first kappa shape index (κ1) is 24.3. The Morgan fingerprint density at radius 3 is 1.75 bits per heavy atom. The molecule has 0 aliphatic carbocycles. The summed E-state index contributed by atoms with van der Waals surface area (Å²) in [7, 11) is 0. The molecule has 0 heterocycles. The van der Waals surface area contributed by atoms with Crippen LogP contribution in [0.3, 0.4) is 0 Å². The molecule has 0 N–H and O–H groups in total. The minimum Gasteiger partial charge on any atom is -0.616 e. The van der Waals surface area contributed by atoms with Crippen LogP contribution >= 0.6 is 0 Å². The minimum atomic E-state index is -0.623. The molecule has 0 rings (SSSR count). The SMILES string of the molecule is CCCOCCC[S+]([O-])CCCCCCCCCCCCC(C)C. The van der Waals surface area contributed by atoms with Crippen LogP contribution in [0, 0.1) is 5.92 Å².